The number of aryl methyl sites for hydroxylation is 2. The van der Waals surface area contributed by atoms with Crippen LogP contribution in [0.4, 0.5) is 5.69 Å². The number of rotatable bonds is 5. The summed E-state index contributed by atoms with van der Waals surface area (Å²) in [7, 11) is 0. The average molecular weight is 402 g/mol. The number of thioether (sulfide) groups is 2. The molecule has 0 saturated heterocycles. The molecule has 1 nitrogen and oxygen atoms in total. The molecule has 28 heavy (non-hydrogen) atoms. The monoisotopic (exact) mass is 401 g/mol. The first-order valence-electron chi connectivity index (χ1n) is 9.60. The Labute approximate surface area is 176 Å². The summed E-state index contributed by atoms with van der Waals surface area (Å²) in [4.78, 5) is 7.49. The standard InChI is InChI=1S/C25H23NS2/c1-19(18-27-23-11-4-2-5-12-23)25(28-24-13-6-3-7-14-24)26-22-16-15-20-9-8-10-21(20)17-22/h2-7,11-18H,8-10H2,1H3/b19-18+,26-25+. The molecule has 140 valence electrons. The summed E-state index contributed by atoms with van der Waals surface area (Å²) in [6.45, 7) is 2.15. The third-order valence-electron chi connectivity index (χ3n) is 4.72. The molecule has 0 N–H and O–H groups in total. The van der Waals surface area contributed by atoms with Crippen LogP contribution < -0.4 is 0 Å². The summed E-state index contributed by atoms with van der Waals surface area (Å²) >= 11 is 3.47. The van der Waals surface area contributed by atoms with Crippen LogP contribution in [0.2, 0.25) is 0 Å². The van der Waals surface area contributed by atoms with Crippen molar-refractivity contribution < 1.29 is 0 Å². The zero-order valence-corrected chi connectivity index (χ0v) is 17.6. The van der Waals surface area contributed by atoms with Gasteiger partial charge in [-0.05, 0) is 84.7 Å². The van der Waals surface area contributed by atoms with Crippen LogP contribution in [-0.4, -0.2) is 5.04 Å². The second-order valence-electron chi connectivity index (χ2n) is 6.87. The van der Waals surface area contributed by atoms with E-state index in [4.69, 9.17) is 4.99 Å². The number of nitrogens with zero attached hydrogens (tertiary/aromatic N) is 1. The molecule has 0 unspecified atom stereocenters. The van der Waals surface area contributed by atoms with Gasteiger partial charge in [-0.1, -0.05) is 66.0 Å². The lowest BCUT2D eigenvalue weighted by molar-refractivity contribution is 0.912. The van der Waals surface area contributed by atoms with Crippen LogP contribution in [0.25, 0.3) is 0 Å². The molecule has 3 heteroatoms. The van der Waals surface area contributed by atoms with E-state index < -0.39 is 0 Å². The highest BCUT2D eigenvalue weighted by Gasteiger charge is 2.12. The minimum atomic E-state index is 1.05. The van der Waals surface area contributed by atoms with Crippen LogP contribution in [0.1, 0.15) is 24.5 Å². The van der Waals surface area contributed by atoms with Crippen molar-refractivity contribution in [2.24, 2.45) is 4.99 Å². The fourth-order valence-corrected chi connectivity index (χ4v) is 4.94. The first-order chi connectivity index (χ1) is 13.8. The van der Waals surface area contributed by atoms with E-state index in [0.717, 1.165) is 10.7 Å². The van der Waals surface area contributed by atoms with Gasteiger partial charge in [0.15, 0.2) is 0 Å². The van der Waals surface area contributed by atoms with Gasteiger partial charge in [0.2, 0.25) is 0 Å². The Balaban J connectivity index is 1.63. The Bertz CT molecular complexity index is 992. The van der Waals surface area contributed by atoms with Crippen LogP contribution >= 0.6 is 23.5 Å². The molecule has 0 aromatic heterocycles. The Morgan fingerprint density at radius 2 is 1.50 bits per heavy atom. The Hall–Kier alpha value is -2.23. The number of fused-ring (bicyclic) bond motifs is 1. The van der Waals surface area contributed by atoms with Gasteiger partial charge in [0.1, 0.15) is 5.04 Å². The van der Waals surface area contributed by atoms with Crippen LogP contribution in [-0.2, 0) is 12.8 Å². The summed E-state index contributed by atoms with van der Waals surface area (Å²) in [5, 5.41) is 3.25. The molecular weight excluding hydrogens is 378 g/mol. The summed E-state index contributed by atoms with van der Waals surface area (Å²) in [6, 6.07) is 27.6. The van der Waals surface area contributed by atoms with E-state index in [0.29, 0.717) is 0 Å². The predicted molar refractivity (Wildman–Crippen MR) is 124 cm³/mol. The number of aliphatic imine (C=N–C) groups is 1. The smallest absolute Gasteiger partial charge is 0.105 e. The largest absolute Gasteiger partial charge is 0.241 e. The second-order valence-corrected chi connectivity index (χ2v) is 8.88. The minimum Gasteiger partial charge on any atom is -0.241 e. The van der Waals surface area contributed by atoms with E-state index in [1.165, 1.54) is 45.8 Å². The van der Waals surface area contributed by atoms with Crippen molar-refractivity contribution in [3.63, 3.8) is 0 Å². The van der Waals surface area contributed by atoms with Crippen LogP contribution in [0.15, 0.2) is 105 Å². The van der Waals surface area contributed by atoms with E-state index in [1.54, 1.807) is 23.5 Å². The van der Waals surface area contributed by atoms with Crippen molar-refractivity contribution in [3.8, 4) is 0 Å². The van der Waals surface area contributed by atoms with Gasteiger partial charge in [-0.3, -0.25) is 0 Å². The van der Waals surface area contributed by atoms with Crippen molar-refractivity contribution in [2.45, 2.75) is 36.0 Å². The van der Waals surface area contributed by atoms with Gasteiger partial charge in [-0.2, -0.15) is 0 Å². The molecule has 0 aliphatic heterocycles. The number of hydrogen-bond donors (Lipinski definition) is 0. The quantitative estimate of drug-likeness (QED) is 0.247. The predicted octanol–water partition coefficient (Wildman–Crippen LogP) is 7.69. The van der Waals surface area contributed by atoms with Crippen LogP contribution in [0.5, 0.6) is 0 Å². The maximum Gasteiger partial charge on any atom is 0.105 e. The Morgan fingerprint density at radius 1 is 0.821 bits per heavy atom. The topological polar surface area (TPSA) is 12.4 Å². The maximum absolute atomic E-state index is 5.04. The van der Waals surface area contributed by atoms with Crippen LogP contribution in [0.3, 0.4) is 0 Å². The highest BCUT2D eigenvalue weighted by molar-refractivity contribution is 8.14. The lowest BCUT2D eigenvalue weighted by atomic mass is 10.1. The lowest BCUT2D eigenvalue weighted by Gasteiger charge is -2.09. The molecule has 0 bridgehead atoms. The molecule has 0 heterocycles. The molecule has 3 aromatic rings. The van der Waals surface area contributed by atoms with E-state index in [1.807, 2.05) is 6.07 Å². The molecule has 0 saturated carbocycles. The van der Waals surface area contributed by atoms with Crippen LogP contribution in [0, 0.1) is 0 Å². The molecule has 0 fully saturated rings. The minimum absolute atomic E-state index is 1.05. The molecule has 4 rings (SSSR count). The van der Waals surface area contributed by atoms with Crippen molar-refractivity contribution in [2.75, 3.05) is 0 Å². The summed E-state index contributed by atoms with van der Waals surface area (Å²) < 4.78 is 0. The normalized spacial score (nSPS) is 14.2. The molecule has 1 aliphatic rings. The molecule has 3 aromatic carbocycles. The van der Waals surface area contributed by atoms with Gasteiger partial charge >= 0.3 is 0 Å². The fraction of sp³-hybridized carbons (Fsp3) is 0.160. The van der Waals surface area contributed by atoms with Crippen molar-refractivity contribution in [3.05, 3.63) is 101 Å². The summed E-state index contributed by atoms with van der Waals surface area (Å²) in [5.74, 6) is 0. The first kappa shape index (κ1) is 19.1. The highest BCUT2D eigenvalue weighted by atomic mass is 32.2. The van der Waals surface area contributed by atoms with Crippen molar-refractivity contribution in [1.29, 1.82) is 0 Å². The van der Waals surface area contributed by atoms with Crippen molar-refractivity contribution >= 4 is 34.3 Å². The SMILES string of the molecule is CC(=C\Sc1ccccc1)/C(=N\c1ccc2c(c1)CCC2)Sc1ccccc1. The molecular formula is C25H23NS2. The molecule has 0 radical (unpaired) electrons. The summed E-state index contributed by atoms with van der Waals surface area (Å²) in [6.07, 6.45) is 3.65. The molecule has 1 aliphatic carbocycles. The Morgan fingerprint density at radius 3 is 2.25 bits per heavy atom. The highest BCUT2D eigenvalue weighted by Crippen LogP contribution is 2.31. The van der Waals surface area contributed by atoms with E-state index in [-0.39, 0.29) is 0 Å². The Kier molecular flexibility index (Phi) is 6.35. The first-order valence-corrected chi connectivity index (χ1v) is 11.3. The third-order valence-corrected chi connectivity index (χ3v) is 6.85. The van der Waals surface area contributed by atoms with Gasteiger partial charge in [-0.15, -0.1) is 0 Å². The molecule has 0 spiro atoms. The average Bonchev–Trinajstić information content (AvgIpc) is 3.21. The fourth-order valence-electron chi connectivity index (χ4n) is 3.24. The van der Waals surface area contributed by atoms with Gasteiger partial charge in [0.25, 0.3) is 0 Å². The second kappa shape index (κ2) is 9.31. The van der Waals surface area contributed by atoms with Gasteiger partial charge in [0.05, 0.1) is 5.69 Å². The van der Waals surface area contributed by atoms with Gasteiger partial charge < -0.3 is 0 Å². The third kappa shape index (κ3) is 4.98. The maximum atomic E-state index is 5.04. The molecule has 0 atom stereocenters. The number of hydrogen-bond acceptors (Lipinski definition) is 3. The molecule has 0 amide bonds. The number of benzene rings is 3. The van der Waals surface area contributed by atoms with E-state index in [2.05, 4.69) is 85.1 Å². The van der Waals surface area contributed by atoms with E-state index >= 15 is 0 Å². The van der Waals surface area contributed by atoms with Gasteiger partial charge in [-0.25, -0.2) is 4.99 Å². The van der Waals surface area contributed by atoms with Gasteiger partial charge in [0, 0.05) is 9.79 Å². The van der Waals surface area contributed by atoms with E-state index in [9.17, 15) is 0 Å². The van der Waals surface area contributed by atoms with Crippen molar-refractivity contribution in [1.82, 2.24) is 0 Å². The summed E-state index contributed by atoms with van der Waals surface area (Å²) in [5.41, 5.74) is 5.19. The lowest BCUT2D eigenvalue weighted by Crippen LogP contribution is -1.94. The zero-order valence-electron chi connectivity index (χ0n) is 16.0. The zero-order chi connectivity index (χ0) is 19.2.